The molecule has 1 aromatic carbocycles. The molecule has 0 bridgehead atoms. The van der Waals surface area contributed by atoms with Crippen LogP contribution in [-0.4, -0.2) is 74.1 Å². The minimum Gasteiger partial charge on any atom is -0.379 e. The van der Waals surface area contributed by atoms with E-state index in [2.05, 4.69) is 46.7 Å². The lowest BCUT2D eigenvalue weighted by Crippen LogP contribution is -2.44. The highest BCUT2D eigenvalue weighted by Gasteiger charge is 2.19. The molecule has 2 heterocycles. The average Bonchev–Trinajstić information content (AvgIpc) is 3.12. The first kappa shape index (κ1) is 20.6. The van der Waals surface area contributed by atoms with E-state index < -0.39 is 0 Å². The number of hydrogen-bond acceptors (Lipinski definition) is 4. The molecule has 1 amide bonds. The number of aliphatic imine (C=N–C) groups is 1. The molecule has 28 heavy (non-hydrogen) atoms. The topological polar surface area (TPSA) is 69.2 Å². The van der Waals surface area contributed by atoms with Gasteiger partial charge < -0.3 is 20.3 Å². The van der Waals surface area contributed by atoms with Crippen LogP contribution in [0.1, 0.15) is 30.9 Å². The van der Waals surface area contributed by atoms with Crippen molar-refractivity contribution in [2.75, 3.05) is 52.5 Å². The summed E-state index contributed by atoms with van der Waals surface area (Å²) in [5, 5.41) is 6.73. The Kier molecular flexibility index (Phi) is 8.11. The van der Waals surface area contributed by atoms with Crippen molar-refractivity contribution in [3.8, 4) is 0 Å². The minimum atomic E-state index is 0.266. The van der Waals surface area contributed by atoms with Crippen LogP contribution < -0.4 is 10.6 Å². The number of carbonyl (C=O) groups is 1. The van der Waals surface area contributed by atoms with Gasteiger partial charge in [0.05, 0.1) is 19.8 Å². The number of carbonyl (C=O) groups excluding carboxylic acids is 1. The van der Waals surface area contributed by atoms with Crippen molar-refractivity contribution in [2.24, 2.45) is 4.99 Å². The number of benzene rings is 1. The Morgan fingerprint density at radius 1 is 1.18 bits per heavy atom. The maximum absolute atomic E-state index is 11.8. The molecule has 2 aliphatic rings. The second-order valence-corrected chi connectivity index (χ2v) is 7.31. The number of amides is 1. The maximum Gasteiger partial charge on any atom is 0.222 e. The number of guanidine groups is 1. The molecule has 0 radical (unpaired) electrons. The van der Waals surface area contributed by atoms with Crippen LogP contribution >= 0.6 is 0 Å². The van der Waals surface area contributed by atoms with Gasteiger partial charge in [0.25, 0.3) is 0 Å². The quantitative estimate of drug-likeness (QED) is 0.518. The SMILES string of the molecule is CCNC(=NCc1cccc(CN2CCCC2=O)c1)NCCN1CCOCC1. The molecular weight excluding hydrogens is 354 g/mol. The standard InChI is InChI=1S/C21H33N5O2/c1-2-22-21(23-8-10-25-11-13-28-14-12-25)24-16-18-5-3-6-19(15-18)17-26-9-4-7-20(26)27/h3,5-6,15H,2,4,7-14,16-17H2,1H3,(H2,22,23,24). The first-order chi connectivity index (χ1) is 13.7. The summed E-state index contributed by atoms with van der Waals surface area (Å²) in [4.78, 5) is 20.9. The van der Waals surface area contributed by atoms with Crippen LogP contribution in [0.5, 0.6) is 0 Å². The van der Waals surface area contributed by atoms with E-state index in [0.29, 0.717) is 19.5 Å². The van der Waals surface area contributed by atoms with Gasteiger partial charge in [-0.2, -0.15) is 0 Å². The minimum absolute atomic E-state index is 0.266. The molecule has 0 spiro atoms. The van der Waals surface area contributed by atoms with E-state index in [-0.39, 0.29) is 5.91 Å². The highest BCUT2D eigenvalue weighted by Crippen LogP contribution is 2.15. The van der Waals surface area contributed by atoms with Crippen LogP contribution in [0.4, 0.5) is 0 Å². The molecule has 2 saturated heterocycles. The number of nitrogens with one attached hydrogen (secondary N) is 2. The molecular formula is C21H33N5O2. The number of rotatable bonds is 8. The molecule has 0 saturated carbocycles. The highest BCUT2D eigenvalue weighted by molar-refractivity contribution is 5.79. The Morgan fingerprint density at radius 2 is 2.00 bits per heavy atom. The van der Waals surface area contributed by atoms with E-state index in [1.165, 1.54) is 5.56 Å². The summed E-state index contributed by atoms with van der Waals surface area (Å²) in [6.45, 7) is 10.6. The predicted molar refractivity (Wildman–Crippen MR) is 111 cm³/mol. The first-order valence-electron chi connectivity index (χ1n) is 10.4. The molecule has 0 aromatic heterocycles. The lowest BCUT2D eigenvalue weighted by molar-refractivity contribution is -0.128. The van der Waals surface area contributed by atoms with Crippen molar-refractivity contribution in [2.45, 2.75) is 32.9 Å². The third kappa shape index (κ3) is 6.49. The Hall–Kier alpha value is -2.12. The van der Waals surface area contributed by atoms with Crippen molar-refractivity contribution < 1.29 is 9.53 Å². The molecule has 2 aliphatic heterocycles. The summed E-state index contributed by atoms with van der Waals surface area (Å²) in [6, 6.07) is 8.40. The summed E-state index contributed by atoms with van der Waals surface area (Å²) >= 11 is 0. The van der Waals surface area contributed by atoms with Gasteiger partial charge in [0.15, 0.2) is 5.96 Å². The van der Waals surface area contributed by atoms with E-state index in [1.807, 2.05) is 4.90 Å². The van der Waals surface area contributed by atoms with Gasteiger partial charge in [-0.05, 0) is 24.5 Å². The molecule has 3 rings (SSSR count). The summed E-state index contributed by atoms with van der Waals surface area (Å²) in [5.41, 5.74) is 2.34. The van der Waals surface area contributed by atoms with Gasteiger partial charge in [-0.1, -0.05) is 24.3 Å². The summed E-state index contributed by atoms with van der Waals surface area (Å²) < 4.78 is 5.39. The van der Waals surface area contributed by atoms with E-state index in [4.69, 9.17) is 9.73 Å². The molecule has 0 unspecified atom stereocenters. The summed E-state index contributed by atoms with van der Waals surface area (Å²) in [5.74, 6) is 1.11. The number of morpholine rings is 1. The second-order valence-electron chi connectivity index (χ2n) is 7.31. The Bertz CT molecular complexity index is 658. The zero-order valence-electron chi connectivity index (χ0n) is 17.0. The van der Waals surface area contributed by atoms with Crippen LogP contribution in [-0.2, 0) is 22.6 Å². The van der Waals surface area contributed by atoms with E-state index in [0.717, 1.165) is 70.4 Å². The first-order valence-corrected chi connectivity index (χ1v) is 10.4. The Labute approximate surface area is 168 Å². The zero-order chi connectivity index (χ0) is 19.6. The second kappa shape index (κ2) is 11.0. The van der Waals surface area contributed by atoms with Crippen LogP contribution in [0.25, 0.3) is 0 Å². The fourth-order valence-electron chi connectivity index (χ4n) is 3.59. The van der Waals surface area contributed by atoms with Gasteiger partial charge in [0.2, 0.25) is 5.91 Å². The third-order valence-corrected chi connectivity index (χ3v) is 5.12. The van der Waals surface area contributed by atoms with Crippen molar-refractivity contribution in [1.82, 2.24) is 20.4 Å². The number of nitrogens with zero attached hydrogens (tertiary/aromatic N) is 3. The fraction of sp³-hybridized carbons (Fsp3) is 0.619. The largest absolute Gasteiger partial charge is 0.379 e. The van der Waals surface area contributed by atoms with Crippen molar-refractivity contribution in [1.29, 1.82) is 0 Å². The number of ether oxygens (including phenoxy) is 1. The molecule has 0 atom stereocenters. The Balaban J connectivity index is 1.50. The molecule has 2 N–H and O–H groups in total. The van der Waals surface area contributed by atoms with Crippen LogP contribution in [0.2, 0.25) is 0 Å². The van der Waals surface area contributed by atoms with Crippen molar-refractivity contribution >= 4 is 11.9 Å². The van der Waals surface area contributed by atoms with Crippen LogP contribution in [0.3, 0.4) is 0 Å². The predicted octanol–water partition coefficient (Wildman–Crippen LogP) is 1.20. The molecule has 0 aliphatic carbocycles. The highest BCUT2D eigenvalue weighted by atomic mass is 16.5. The summed E-state index contributed by atoms with van der Waals surface area (Å²) in [7, 11) is 0. The number of likely N-dealkylation sites (tertiary alicyclic amines) is 1. The molecule has 154 valence electrons. The van der Waals surface area contributed by atoms with Gasteiger partial charge in [-0.15, -0.1) is 0 Å². The average molecular weight is 388 g/mol. The van der Waals surface area contributed by atoms with Gasteiger partial charge in [-0.3, -0.25) is 9.69 Å². The monoisotopic (exact) mass is 387 g/mol. The van der Waals surface area contributed by atoms with Crippen molar-refractivity contribution in [3.05, 3.63) is 35.4 Å². The fourth-order valence-corrected chi connectivity index (χ4v) is 3.59. The lowest BCUT2D eigenvalue weighted by Gasteiger charge is -2.26. The smallest absolute Gasteiger partial charge is 0.222 e. The molecule has 2 fully saturated rings. The molecule has 1 aromatic rings. The lowest BCUT2D eigenvalue weighted by atomic mass is 10.1. The van der Waals surface area contributed by atoms with Gasteiger partial charge in [0.1, 0.15) is 0 Å². The zero-order valence-corrected chi connectivity index (χ0v) is 17.0. The summed E-state index contributed by atoms with van der Waals surface area (Å²) in [6.07, 6.45) is 1.66. The molecule has 7 nitrogen and oxygen atoms in total. The van der Waals surface area contributed by atoms with Crippen LogP contribution in [0, 0.1) is 0 Å². The normalized spacial score (nSPS) is 18.5. The Morgan fingerprint density at radius 3 is 2.75 bits per heavy atom. The molecule has 7 heteroatoms. The van der Waals surface area contributed by atoms with Gasteiger partial charge >= 0.3 is 0 Å². The van der Waals surface area contributed by atoms with Gasteiger partial charge in [0, 0.05) is 52.2 Å². The van der Waals surface area contributed by atoms with Crippen LogP contribution in [0.15, 0.2) is 29.3 Å². The van der Waals surface area contributed by atoms with E-state index in [1.54, 1.807) is 0 Å². The van der Waals surface area contributed by atoms with Gasteiger partial charge in [-0.25, -0.2) is 4.99 Å². The van der Waals surface area contributed by atoms with Crippen molar-refractivity contribution in [3.63, 3.8) is 0 Å². The maximum atomic E-state index is 11.8. The third-order valence-electron chi connectivity index (χ3n) is 5.12. The number of hydrogen-bond donors (Lipinski definition) is 2. The van der Waals surface area contributed by atoms with E-state index >= 15 is 0 Å². The van der Waals surface area contributed by atoms with E-state index in [9.17, 15) is 4.79 Å².